The van der Waals surface area contributed by atoms with Crippen LogP contribution in [-0.2, 0) is 4.79 Å². The molecule has 0 aliphatic rings. The number of hydrogen-bond acceptors (Lipinski definition) is 4. The number of carbonyl (C=O) groups is 1. The van der Waals surface area contributed by atoms with Crippen LogP contribution in [0.5, 0.6) is 0 Å². The summed E-state index contributed by atoms with van der Waals surface area (Å²) in [5, 5.41) is 1.98. The highest BCUT2D eigenvalue weighted by Crippen LogP contribution is 2.30. The third-order valence-corrected chi connectivity index (χ3v) is 4.51. The summed E-state index contributed by atoms with van der Waals surface area (Å²) < 4.78 is 13.9. The average Bonchev–Trinajstić information content (AvgIpc) is 2.91. The molecule has 0 bridgehead atoms. The van der Waals surface area contributed by atoms with E-state index in [1.165, 1.54) is 30.4 Å². The quantitative estimate of drug-likeness (QED) is 0.762. The van der Waals surface area contributed by atoms with Gasteiger partial charge < -0.3 is 5.73 Å². The van der Waals surface area contributed by atoms with Crippen LogP contribution in [0.4, 0.5) is 4.39 Å². The monoisotopic (exact) mass is 333 g/mol. The first-order valence-electron chi connectivity index (χ1n) is 6.71. The number of thiophene rings is 1. The van der Waals surface area contributed by atoms with Crippen molar-refractivity contribution in [2.45, 2.75) is 13.0 Å². The first kappa shape index (κ1) is 15.2. The van der Waals surface area contributed by atoms with Crippen LogP contribution in [0.1, 0.15) is 13.0 Å². The maximum Gasteiger partial charge on any atom is 0.330 e. The fraction of sp³-hybridized carbons (Fsp3) is 0.133. The van der Waals surface area contributed by atoms with Crippen molar-refractivity contribution < 1.29 is 9.18 Å². The predicted octanol–water partition coefficient (Wildman–Crippen LogP) is 1.60. The van der Waals surface area contributed by atoms with Gasteiger partial charge in [-0.15, -0.1) is 11.3 Å². The molecule has 0 saturated carbocycles. The minimum absolute atomic E-state index is 0.273. The van der Waals surface area contributed by atoms with E-state index < -0.39 is 23.2 Å². The van der Waals surface area contributed by atoms with E-state index in [9.17, 15) is 18.8 Å². The second-order valence-corrected chi connectivity index (χ2v) is 5.92. The number of primary amides is 1. The molecule has 2 heterocycles. The van der Waals surface area contributed by atoms with Crippen LogP contribution in [0, 0.1) is 5.82 Å². The topological polar surface area (TPSA) is 97.9 Å². The van der Waals surface area contributed by atoms with E-state index in [2.05, 4.69) is 4.98 Å². The molecular formula is C15H12FN3O3S. The Kier molecular flexibility index (Phi) is 3.61. The summed E-state index contributed by atoms with van der Waals surface area (Å²) in [5.41, 5.74) is 5.11. The van der Waals surface area contributed by atoms with Gasteiger partial charge in [0.15, 0.2) is 0 Å². The Bertz CT molecular complexity index is 1020. The number of carbonyl (C=O) groups excluding carboxylic acids is 1. The van der Waals surface area contributed by atoms with Crippen LogP contribution >= 0.6 is 11.3 Å². The van der Waals surface area contributed by atoms with Crippen LogP contribution in [0.3, 0.4) is 0 Å². The maximum atomic E-state index is 13.1. The predicted molar refractivity (Wildman–Crippen MR) is 86.0 cm³/mol. The lowest BCUT2D eigenvalue weighted by Crippen LogP contribution is -2.41. The summed E-state index contributed by atoms with van der Waals surface area (Å²) in [6, 6.07) is 4.59. The second kappa shape index (κ2) is 5.47. The molecule has 0 aliphatic carbocycles. The third-order valence-electron chi connectivity index (χ3n) is 3.62. The summed E-state index contributed by atoms with van der Waals surface area (Å²) >= 11 is 1.19. The summed E-state index contributed by atoms with van der Waals surface area (Å²) in [6.45, 7) is 1.38. The number of nitrogens with zero attached hydrogens (tertiary/aromatic N) is 1. The van der Waals surface area contributed by atoms with Crippen LogP contribution in [0.25, 0.3) is 21.3 Å². The molecule has 2 aromatic heterocycles. The maximum absolute atomic E-state index is 13.1. The molecule has 0 aliphatic heterocycles. The van der Waals surface area contributed by atoms with Gasteiger partial charge in [-0.3, -0.25) is 14.6 Å². The van der Waals surface area contributed by atoms with Crippen molar-refractivity contribution in [3.63, 3.8) is 0 Å². The lowest BCUT2D eigenvalue weighted by Gasteiger charge is -2.10. The number of aromatic nitrogens is 2. The van der Waals surface area contributed by atoms with Gasteiger partial charge in [0.2, 0.25) is 5.91 Å². The third kappa shape index (κ3) is 2.46. The largest absolute Gasteiger partial charge is 0.368 e. The van der Waals surface area contributed by atoms with E-state index in [4.69, 9.17) is 5.73 Å². The molecule has 3 rings (SSSR count). The fourth-order valence-corrected chi connectivity index (χ4v) is 3.30. The lowest BCUT2D eigenvalue weighted by molar-refractivity contribution is -0.120. The molecule has 8 heteroatoms. The molecule has 0 fully saturated rings. The van der Waals surface area contributed by atoms with E-state index in [1.807, 2.05) is 0 Å². The smallest absolute Gasteiger partial charge is 0.330 e. The van der Waals surface area contributed by atoms with Gasteiger partial charge in [0.25, 0.3) is 5.56 Å². The molecule has 0 spiro atoms. The van der Waals surface area contributed by atoms with Crippen molar-refractivity contribution in [2.75, 3.05) is 0 Å². The van der Waals surface area contributed by atoms with E-state index in [1.54, 1.807) is 17.5 Å². The first-order chi connectivity index (χ1) is 10.9. The number of nitrogens with two attached hydrogens (primary N) is 1. The SMILES string of the molecule is CC(C(N)=O)n1c(=O)[nH]c2scc(-c3ccc(F)cc3)c2c1=O. The van der Waals surface area contributed by atoms with Crippen molar-refractivity contribution >= 4 is 27.5 Å². The minimum Gasteiger partial charge on any atom is -0.368 e. The highest BCUT2D eigenvalue weighted by Gasteiger charge is 2.20. The van der Waals surface area contributed by atoms with Crippen LogP contribution in [0.2, 0.25) is 0 Å². The zero-order valence-electron chi connectivity index (χ0n) is 12.0. The molecule has 1 atom stereocenters. The van der Waals surface area contributed by atoms with Crippen molar-refractivity contribution in [2.24, 2.45) is 5.73 Å². The first-order valence-corrected chi connectivity index (χ1v) is 7.59. The second-order valence-electron chi connectivity index (χ2n) is 5.04. The number of H-pyrrole nitrogens is 1. The van der Waals surface area contributed by atoms with E-state index in [-0.39, 0.29) is 11.2 Å². The number of hydrogen-bond donors (Lipinski definition) is 2. The number of rotatable bonds is 3. The highest BCUT2D eigenvalue weighted by molar-refractivity contribution is 7.17. The lowest BCUT2D eigenvalue weighted by atomic mass is 10.1. The average molecular weight is 333 g/mol. The van der Waals surface area contributed by atoms with Crippen LogP contribution in [0.15, 0.2) is 39.2 Å². The molecule has 6 nitrogen and oxygen atoms in total. The number of amides is 1. The zero-order valence-corrected chi connectivity index (χ0v) is 12.8. The van der Waals surface area contributed by atoms with E-state index >= 15 is 0 Å². The van der Waals surface area contributed by atoms with Gasteiger partial charge in [-0.05, 0) is 24.6 Å². The molecule has 1 amide bonds. The van der Waals surface area contributed by atoms with Crippen LogP contribution < -0.4 is 17.0 Å². The zero-order chi connectivity index (χ0) is 16.7. The summed E-state index contributed by atoms with van der Waals surface area (Å²) in [6.07, 6.45) is 0. The molecule has 3 aromatic rings. The number of fused-ring (bicyclic) bond motifs is 1. The Hall–Kier alpha value is -2.74. The number of nitrogens with one attached hydrogen (secondary N) is 1. The van der Waals surface area contributed by atoms with Gasteiger partial charge in [-0.25, -0.2) is 13.8 Å². The summed E-state index contributed by atoms with van der Waals surface area (Å²) in [5.74, 6) is -1.17. The Morgan fingerprint density at radius 1 is 1.30 bits per heavy atom. The fourth-order valence-electron chi connectivity index (χ4n) is 2.35. The van der Waals surface area contributed by atoms with Gasteiger partial charge in [0.05, 0.1) is 5.39 Å². The Balaban J connectivity index is 2.33. The minimum atomic E-state index is -1.07. The Morgan fingerprint density at radius 2 is 1.96 bits per heavy atom. The molecular weight excluding hydrogens is 321 g/mol. The number of benzene rings is 1. The van der Waals surface area contributed by atoms with Gasteiger partial charge in [-0.1, -0.05) is 12.1 Å². The van der Waals surface area contributed by atoms with E-state index in [0.29, 0.717) is 16.0 Å². The molecule has 0 radical (unpaired) electrons. The van der Waals surface area contributed by atoms with Gasteiger partial charge in [0, 0.05) is 10.9 Å². The standard InChI is InChI=1S/C15H12FN3O3S/c1-7(12(17)20)19-14(21)11-10(6-23-13(11)18-15(19)22)8-2-4-9(16)5-3-8/h2-7H,1H3,(H2,17,20)(H,18,22). The summed E-state index contributed by atoms with van der Waals surface area (Å²) in [7, 11) is 0. The molecule has 23 heavy (non-hydrogen) atoms. The van der Waals surface area contributed by atoms with Gasteiger partial charge in [0.1, 0.15) is 16.7 Å². The van der Waals surface area contributed by atoms with Gasteiger partial charge in [-0.2, -0.15) is 0 Å². The van der Waals surface area contributed by atoms with Crippen molar-refractivity contribution in [1.82, 2.24) is 9.55 Å². The molecule has 1 aromatic carbocycles. The molecule has 118 valence electrons. The highest BCUT2D eigenvalue weighted by atomic mass is 32.1. The normalized spacial score (nSPS) is 12.4. The van der Waals surface area contributed by atoms with Gasteiger partial charge >= 0.3 is 5.69 Å². The van der Waals surface area contributed by atoms with E-state index in [0.717, 1.165) is 4.57 Å². The van der Waals surface area contributed by atoms with Crippen molar-refractivity contribution in [1.29, 1.82) is 0 Å². The molecule has 3 N–H and O–H groups in total. The number of halogens is 1. The van der Waals surface area contributed by atoms with Crippen LogP contribution in [-0.4, -0.2) is 15.5 Å². The molecule has 0 saturated heterocycles. The number of aromatic amines is 1. The molecule has 1 unspecified atom stereocenters. The van der Waals surface area contributed by atoms with Crippen molar-refractivity contribution in [3.8, 4) is 11.1 Å². The Labute approximate surface area is 133 Å². The Morgan fingerprint density at radius 3 is 2.57 bits per heavy atom. The van der Waals surface area contributed by atoms with Crippen molar-refractivity contribution in [3.05, 3.63) is 56.3 Å². The summed E-state index contributed by atoms with van der Waals surface area (Å²) in [4.78, 5) is 39.0.